The lowest BCUT2D eigenvalue weighted by Gasteiger charge is -2.29. The van der Waals surface area contributed by atoms with Crippen LogP contribution < -0.4 is 10.2 Å². The van der Waals surface area contributed by atoms with Crippen molar-refractivity contribution in [2.45, 2.75) is 20.3 Å². The van der Waals surface area contributed by atoms with E-state index in [-0.39, 0.29) is 5.97 Å². The fraction of sp³-hybridized carbons (Fsp3) is 0.400. The Morgan fingerprint density at radius 1 is 1.15 bits per heavy atom. The molecule has 138 valence electrons. The Morgan fingerprint density at radius 3 is 2.54 bits per heavy atom. The minimum absolute atomic E-state index is 0.335. The molecule has 0 unspecified atom stereocenters. The largest absolute Gasteiger partial charge is 0.462 e. The molecule has 1 aliphatic rings. The molecule has 0 saturated carbocycles. The van der Waals surface area contributed by atoms with Crippen molar-refractivity contribution in [1.82, 2.24) is 4.98 Å². The third kappa shape index (κ3) is 4.32. The van der Waals surface area contributed by atoms with Gasteiger partial charge in [-0.1, -0.05) is 6.92 Å². The number of ether oxygens (including phenoxy) is 2. The molecule has 0 radical (unpaired) electrons. The highest BCUT2D eigenvalue weighted by atomic mass is 16.5. The number of nitrogens with zero attached hydrogens (tertiary/aromatic N) is 2. The van der Waals surface area contributed by atoms with Crippen molar-refractivity contribution in [2.24, 2.45) is 0 Å². The molecule has 26 heavy (non-hydrogen) atoms. The number of aryl methyl sites for hydroxylation is 1. The Morgan fingerprint density at radius 2 is 1.88 bits per heavy atom. The number of benzene rings is 1. The molecule has 1 fully saturated rings. The van der Waals surface area contributed by atoms with Gasteiger partial charge in [-0.15, -0.1) is 0 Å². The van der Waals surface area contributed by atoms with Crippen molar-refractivity contribution in [3.63, 3.8) is 0 Å². The number of anilines is 3. The maximum Gasteiger partial charge on any atom is 0.341 e. The van der Waals surface area contributed by atoms with Gasteiger partial charge in [0.15, 0.2) is 0 Å². The highest BCUT2D eigenvalue weighted by molar-refractivity contribution is 5.95. The molecule has 0 aliphatic carbocycles. The van der Waals surface area contributed by atoms with Gasteiger partial charge in [-0.3, -0.25) is 0 Å². The highest BCUT2D eigenvalue weighted by Gasteiger charge is 2.15. The van der Waals surface area contributed by atoms with E-state index in [0.29, 0.717) is 18.0 Å². The van der Waals surface area contributed by atoms with Crippen LogP contribution in [0.5, 0.6) is 0 Å². The van der Waals surface area contributed by atoms with E-state index in [1.54, 1.807) is 13.0 Å². The van der Waals surface area contributed by atoms with Gasteiger partial charge in [0.25, 0.3) is 0 Å². The van der Waals surface area contributed by atoms with Crippen molar-refractivity contribution >= 4 is 23.2 Å². The van der Waals surface area contributed by atoms with Crippen molar-refractivity contribution in [3.05, 3.63) is 47.7 Å². The zero-order valence-electron chi connectivity index (χ0n) is 15.3. The Kier molecular flexibility index (Phi) is 6.07. The molecule has 1 saturated heterocycles. The molecule has 0 spiro atoms. The summed E-state index contributed by atoms with van der Waals surface area (Å²) in [4.78, 5) is 19.1. The molecule has 6 heteroatoms. The number of rotatable bonds is 6. The number of morpholine rings is 1. The summed E-state index contributed by atoms with van der Waals surface area (Å²) in [5.74, 6) is 0.164. The van der Waals surface area contributed by atoms with Crippen molar-refractivity contribution < 1.29 is 14.3 Å². The molecule has 0 bridgehead atoms. The fourth-order valence-corrected chi connectivity index (χ4v) is 2.88. The molecule has 1 aromatic carbocycles. The predicted molar refractivity (Wildman–Crippen MR) is 102 cm³/mol. The second-order valence-corrected chi connectivity index (χ2v) is 6.04. The molecule has 1 N–H and O–H groups in total. The first kappa shape index (κ1) is 18.2. The number of esters is 1. The number of carbonyl (C=O) groups is 1. The highest BCUT2D eigenvalue weighted by Crippen LogP contribution is 2.24. The summed E-state index contributed by atoms with van der Waals surface area (Å²) in [6, 6.07) is 11.8. The summed E-state index contributed by atoms with van der Waals surface area (Å²) in [7, 11) is 0. The van der Waals surface area contributed by atoms with E-state index in [1.165, 1.54) is 5.69 Å². The summed E-state index contributed by atoms with van der Waals surface area (Å²) >= 11 is 0. The maximum atomic E-state index is 12.2. The second kappa shape index (κ2) is 8.67. The van der Waals surface area contributed by atoms with Crippen molar-refractivity contribution in [3.8, 4) is 0 Å². The van der Waals surface area contributed by atoms with E-state index in [1.807, 2.05) is 25.1 Å². The van der Waals surface area contributed by atoms with Crippen LogP contribution in [0.25, 0.3) is 0 Å². The number of pyridine rings is 1. The van der Waals surface area contributed by atoms with Gasteiger partial charge >= 0.3 is 5.97 Å². The van der Waals surface area contributed by atoms with Crippen LogP contribution in [0.4, 0.5) is 17.2 Å². The number of aromatic nitrogens is 1. The Hall–Kier alpha value is -2.60. The third-order valence-corrected chi connectivity index (χ3v) is 4.32. The van der Waals surface area contributed by atoms with E-state index in [9.17, 15) is 4.79 Å². The number of nitrogens with one attached hydrogen (secondary N) is 1. The molecule has 2 aromatic rings. The molecule has 0 amide bonds. The standard InChI is InChI=1S/C20H25N3O3/c1-3-15-7-10-18(20(24)26-4-2)19(21-15)22-16-5-8-17(9-6-16)23-11-13-25-14-12-23/h5-10H,3-4,11-14H2,1-2H3,(H,21,22). The molecule has 2 heterocycles. The fourth-order valence-electron chi connectivity index (χ4n) is 2.88. The first-order chi connectivity index (χ1) is 12.7. The van der Waals surface area contributed by atoms with Crippen LogP contribution in [0, 0.1) is 0 Å². The predicted octanol–water partition coefficient (Wildman–Crippen LogP) is 3.40. The number of hydrogen-bond donors (Lipinski definition) is 1. The molecule has 1 aliphatic heterocycles. The average molecular weight is 355 g/mol. The van der Waals surface area contributed by atoms with E-state index in [0.717, 1.165) is 44.1 Å². The van der Waals surface area contributed by atoms with Crippen LogP contribution in [0.2, 0.25) is 0 Å². The van der Waals surface area contributed by atoms with Gasteiger partial charge in [0.1, 0.15) is 11.4 Å². The monoisotopic (exact) mass is 355 g/mol. The van der Waals surface area contributed by atoms with Crippen LogP contribution in [0.1, 0.15) is 29.9 Å². The average Bonchev–Trinajstić information content (AvgIpc) is 2.69. The minimum atomic E-state index is -0.366. The lowest BCUT2D eigenvalue weighted by Crippen LogP contribution is -2.36. The van der Waals surface area contributed by atoms with Gasteiger partial charge in [-0.2, -0.15) is 0 Å². The summed E-state index contributed by atoms with van der Waals surface area (Å²) in [6.07, 6.45) is 0.799. The second-order valence-electron chi connectivity index (χ2n) is 6.04. The SMILES string of the molecule is CCOC(=O)c1ccc(CC)nc1Nc1ccc(N2CCOCC2)cc1. The van der Waals surface area contributed by atoms with Gasteiger partial charge < -0.3 is 19.7 Å². The van der Waals surface area contributed by atoms with E-state index >= 15 is 0 Å². The lowest BCUT2D eigenvalue weighted by molar-refractivity contribution is 0.0527. The van der Waals surface area contributed by atoms with Crippen molar-refractivity contribution in [2.75, 3.05) is 43.1 Å². The minimum Gasteiger partial charge on any atom is -0.462 e. The van der Waals surface area contributed by atoms with Gasteiger partial charge in [-0.25, -0.2) is 9.78 Å². The molecule has 0 atom stereocenters. The molecule has 1 aromatic heterocycles. The number of hydrogen-bond acceptors (Lipinski definition) is 6. The topological polar surface area (TPSA) is 63.7 Å². The number of carbonyl (C=O) groups excluding carboxylic acids is 1. The summed E-state index contributed by atoms with van der Waals surface area (Å²) < 4.78 is 10.5. The lowest BCUT2D eigenvalue weighted by atomic mass is 10.2. The molecule has 3 rings (SSSR count). The normalized spacial score (nSPS) is 14.2. The van der Waals surface area contributed by atoms with Crippen LogP contribution in [-0.4, -0.2) is 43.9 Å². The van der Waals surface area contributed by atoms with Gasteiger partial charge in [0.2, 0.25) is 0 Å². The van der Waals surface area contributed by atoms with Crippen LogP contribution in [0.3, 0.4) is 0 Å². The molecular formula is C20H25N3O3. The summed E-state index contributed by atoms with van der Waals surface area (Å²) in [5.41, 5.74) is 3.42. The van der Waals surface area contributed by atoms with E-state index in [2.05, 4.69) is 27.3 Å². The zero-order valence-corrected chi connectivity index (χ0v) is 15.3. The van der Waals surface area contributed by atoms with Gasteiger partial charge in [0, 0.05) is 30.2 Å². The Labute approximate surface area is 154 Å². The molecular weight excluding hydrogens is 330 g/mol. The Bertz CT molecular complexity index is 740. The van der Waals surface area contributed by atoms with Crippen LogP contribution >= 0.6 is 0 Å². The molecule has 6 nitrogen and oxygen atoms in total. The van der Waals surface area contributed by atoms with Crippen LogP contribution in [-0.2, 0) is 15.9 Å². The quantitative estimate of drug-likeness (QED) is 0.801. The maximum absolute atomic E-state index is 12.2. The third-order valence-electron chi connectivity index (χ3n) is 4.32. The summed E-state index contributed by atoms with van der Waals surface area (Å²) in [6.45, 7) is 7.49. The first-order valence-corrected chi connectivity index (χ1v) is 9.08. The van der Waals surface area contributed by atoms with Gasteiger partial charge in [-0.05, 0) is 49.7 Å². The van der Waals surface area contributed by atoms with Gasteiger partial charge in [0.05, 0.1) is 19.8 Å². The van der Waals surface area contributed by atoms with E-state index in [4.69, 9.17) is 9.47 Å². The first-order valence-electron chi connectivity index (χ1n) is 9.08. The smallest absolute Gasteiger partial charge is 0.341 e. The van der Waals surface area contributed by atoms with E-state index < -0.39 is 0 Å². The Balaban J connectivity index is 1.79. The van der Waals surface area contributed by atoms with Crippen LogP contribution in [0.15, 0.2) is 36.4 Å². The van der Waals surface area contributed by atoms with Crippen molar-refractivity contribution in [1.29, 1.82) is 0 Å². The zero-order chi connectivity index (χ0) is 18.4. The summed E-state index contributed by atoms with van der Waals surface area (Å²) in [5, 5.41) is 3.26.